The molecule has 5 aliphatic rings. The Bertz CT molecular complexity index is 1960. The number of fused-ring (bicyclic) bond motifs is 2. The number of nitrogens with two attached hydrogens (primary N) is 2. The Hall–Kier alpha value is -4.35. The maximum atomic E-state index is 12.0. The number of aryl methyl sites for hydroxylation is 2. The third-order valence-corrected chi connectivity index (χ3v) is 10.3. The van der Waals surface area contributed by atoms with Gasteiger partial charge in [0.25, 0.3) is 5.91 Å². The molecule has 3 aliphatic carbocycles. The normalized spacial score (nSPS) is 24.3. The first-order valence-corrected chi connectivity index (χ1v) is 20.1. The van der Waals surface area contributed by atoms with Crippen LogP contribution in [0.25, 0.3) is 10.4 Å². The smallest absolute Gasteiger partial charge is 0.850 e. The third kappa shape index (κ3) is 15.7. The molecule has 0 aromatic carbocycles. The van der Waals surface area contributed by atoms with E-state index in [1.165, 1.54) is 18.9 Å². The van der Waals surface area contributed by atoms with Crippen molar-refractivity contribution in [1.29, 1.82) is 0 Å². The van der Waals surface area contributed by atoms with E-state index in [0.717, 1.165) is 12.1 Å². The minimum atomic E-state index is -1.22. The Morgan fingerprint density at radius 2 is 1.34 bits per heavy atom. The molecule has 5 fully saturated rings. The number of unbranched alkanes of at least 4 members (excludes halogenated alkanes) is 1. The van der Waals surface area contributed by atoms with Gasteiger partial charge in [-0.2, -0.15) is 0 Å². The average molecular weight is 927 g/mol. The monoisotopic (exact) mass is 926 g/mol. The van der Waals surface area contributed by atoms with Gasteiger partial charge in [-0.1, -0.05) is 36.3 Å². The number of nitrogens with one attached hydrogen (secondary N) is 1. The Labute approximate surface area is 413 Å². The second-order valence-electron chi connectivity index (χ2n) is 16.3. The Morgan fingerprint density at radius 1 is 0.891 bits per heavy atom. The number of aromatic nitrogens is 6. The number of ether oxygens (including phenoxy) is 2. The van der Waals surface area contributed by atoms with E-state index in [4.69, 9.17) is 43.5 Å². The summed E-state index contributed by atoms with van der Waals surface area (Å²) in [4.78, 5) is 71.0. The predicted octanol–water partition coefficient (Wildman–Crippen LogP) is -4.42. The maximum absolute atomic E-state index is 12.0. The number of imide groups is 1. The average Bonchev–Trinajstić information content (AvgIpc) is 3.86. The number of terminal acetylenes is 1. The van der Waals surface area contributed by atoms with Crippen LogP contribution >= 0.6 is 0 Å². The van der Waals surface area contributed by atoms with E-state index in [0.29, 0.717) is 50.6 Å². The number of piperidine rings is 2. The van der Waals surface area contributed by atoms with Crippen molar-refractivity contribution in [3.63, 3.8) is 0 Å². The zero-order chi connectivity index (χ0) is 47.6. The second-order valence-corrected chi connectivity index (χ2v) is 16.3. The van der Waals surface area contributed by atoms with Gasteiger partial charge in [-0.15, -0.1) is 28.1 Å². The number of hydrogen-bond acceptors (Lipinski definition) is 17. The number of aliphatic hydroxyl groups excluding tert-OH is 3. The molecular formula is C39H59KN12O12. The molecule has 2 aromatic rings. The van der Waals surface area contributed by atoms with Crippen molar-refractivity contribution in [2.45, 2.75) is 120 Å². The van der Waals surface area contributed by atoms with Crippen molar-refractivity contribution in [3.8, 4) is 12.3 Å². The number of rotatable bonds is 15. The van der Waals surface area contributed by atoms with Gasteiger partial charge in [0.2, 0.25) is 17.7 Å². The summed E-state index contributed by atoms with van der Waals surface area (Å²) in [6.07, 6.45) is 13.9. The number of esters is 2. The number of azide groups is 1. The van der Waals surface area contributed by atoms with Crippen LogP contribution in [-0.4, -0.2) is 126 Å². The van der Waals surface area contributed by atoms with E-state index in [9.17, 15) is 33.9 Å². The molecule has 2 aliphatic heterocycles. The molecular weight excluding hydrogens is 868 g/mol. The summed E-state index contributed by atoms with van der Waals surface area (Å²) < 4.78 is 12.3. The number of nitrogens with zero attached hydrogens (tertiary/aromatic N) is 9. The molecule has 7 rings (SSSR count). The van der Waals surface area contributed by atoms with Crippen LogP contribution in [0.5, 0.6) is 0 Å². The largest absolute Gasteiger partial charge is 1.00 e. The van der Waals surface area contributed by atoms with Gasteiger partial charge in [0.15, 0.2) is 5.54 Å². The number of hydrogen-bond donors (Lipinski definition) is 6. The number of carbonyl (C=O) groups is 6. The van der Waals surface area contributed by atoms with Gasteiger partial charge in [-0.25, -0.2) is 14.2 Å². The number of amides is 4. The van der Waals surface area contributed by atoms with Crippen LogP contribution in [0.1, 0.15) is 96.4 Å². The van der Waals surface area contributed by atoms with Crippen LogP contribution < -0.4 is 73.3 Å². The van der Waals surface area contributed by atoms with E-state index in [2.05, 4.69) is 46.6 Å². The Morgan fingerprint density at radius 3 is 1.73 bits per heavy atom. The summed E-state index contributed by atoms with van der Waals surface area (Å²) in [5.41, 5.74) is 16.3. The quantitative estimate of drug-likeness (QED) is 0.0143. The molecule has 4 amide bonds. The number of methoxy groups -OCH3 is 2. The van der Waals surface area contributed by atoms with Crippen LogP contribution in [0.3, 0.4) is 0 Å². The summed E-state index contributed by atoms with van der Waals surface area (Å²) in [5.74, 6) is -0.863. The summed E-state index contributed by atoms with van der Waals surface area (Å²) in [7, 11) is 2.50. The molecule has 4 heterocycles. The molecule has 2 bridgehead atoms. The van der Waals surface area contributed by atoms with Gasteiger partial charge in [0.05, 0.1) is 25.6 Å². The van der Waals surface area contributed by atoms with Gasteiger partial charge in [0.1, 0.15) is 11.1 Å². The molecule has 0 radical (unpaired) electrons. The van der Waals surface area contributed by atoms with Crippen molar-refractivity contribution in [1.82, 2.24) is 35.3 Å². The first-order chi connectivity index (χ1) is 29.7. The van der Waals surface area contributed by atoms with Crippen LogP contribution in [0, 0.1) is 30.1 Å². The van der Waals surface area contributed by atoms with E-state index in [1.807, 2.05) is 0 Å². The molecule has 0 atom stereocenters. The summed E-state index contributed by atoms with van der Waals surface area (Å²) in [6, 6.07) is 0. The fourth-order valence-electron chi connectivity index (χ4n) is 6.81. The van der Waals surface area contributed by atoms with Crippen LogP contribution in [0.2, 0.25) is 0 Å². The minimum absolute atomic E-state index is 0. The van der Waals surface area contributed by atoms with Crippen molar-refractivity contribution < 1.29 is 110 Å². The van der Waals surface area contributed by atoms with E-state index >= 15 is 0 Å². The van der Waals surface area contributed by atoms with Gasteiger partial charge >= 0.3 is 63.3 Å². The fourth-order valence-corrected chi connectivity index (χ4v) is 6.81. The number of carbonyl (C=O) groups excluding carboxylic acids is 6. The minimum Gasteiger partial charge on any atom is -0.850 e. The SMILES string of the molecule is C#CCCCO.CC(C)(C)[O-].COC(=O)C1(N=[N+]=[N-])CC(C(N)=O)C1.COC(=O)C1(n2cc(CCCO)nn2)CC(C(N)=O)C1.O=C1NC(=O)C2(n3cc(CCCO)nn3)CC1C2.[K+]. The molecule has 0 spiro atoms. The first kappa shape index (κ1) is 57.7. The summed E-state index contributed by atoms with van der Waals surface area (Å²) in [6.45, 7) is 5.28. The fraction of sp³-hybridized carbons (Fsp3) is 0.692. The third-order valence-electron chi connectivity index (χ3n) is 10.3. The Kier molecular flexibility index (Phi) is 23.9. The molecule has 0 unspecified atom stereocenters. The van der Waals surface area contributed by atoms with Gasteiger partial charge in [-0.05, 0) is 76.2 Å². The first-order valence-electron chi connectivity index (χ1n) is 20.1. The van der Waals surface area contributed by atoms with Crippen LogP contribution in [-0.2, 0) is 62.2 Å². The summed E-state index contributed by atoms with van der Waals surface area (Å²) in [5, 5.41) is 57.4. The van der Waals surface area contributed by atoms with E-state index < -0.39 is 51.9 Å². The molecule has 64 heavy (non-hydrogen) atoms. The predicted molar refractivity (Wildman–Crippen MR) is 217 cm³/mol. The van der Waals surface area contributed by atoms with Gasteiger partial charge < -0.3 is 41.4 Å². The van der Waals surface area contributed by atoms with E-state index in [-0.39, 0.29) is 121 Å². The van der Waals surface area contributed by atoms with Crippen molar-refractivity contribution >= 4 is 35.6 Å². The molecule has 3 saturated carbocycles. The van der Waals surface area contributed by atoms with Crippen LogP contribution in [0.15, 0.2) is 17.5 Å². The standard InChI is InChI=1S/C12H18N4O4.C11H14N4O3.C7H10N4O3.C5H8O.C4H9O.K/c1-20-11(19)12(5-8(6-12)10(13)18)16-7-9(14-15-16)3-2-4-17;16-3-1-2-8-6-15(14-13-8)11-4-7(5-11)9(17)12-10(11)18;1-14-6(13)7(10-11-9)2-4(3-7)5(8)12;1-2-3-4-5-6;1-4(2,3)5;/h7-8,17H,2-6H2,1H3,(H2,13,18);6-7,16H,1-5H2,(H,12,17,18);4H,2-3H2,1H3,(H2,8,12);1,6H,3-5H2;1-3H3;/q;;;;-1;+1. The van der Waals surface area contributed by atoms with Crippen molar-refractivity contribution in [2.75, 3.05) is 34.0 Å². The zero-order valence-electron chi connectivity index (χ0n) is 37.3. The molecule has 2 saturated heterocycles. The molecule has 2 aromatic heterocycles. The maximum Gasteiger partial charge on any atom is 1.00 e. The number of primary amides is 2. The van der Waals surface area contributed by atoms with E-state index in [1.54, 1.807) is 37.8 Å². The molecule has 24 nitrogen and oxygen atoms in total. The van der Waals surface area contributed by atoms with Gasteiger partial charge in [0, 0.05) is 61.3 Å². The summed E-state index contributed by atoms with van der Waals surface area (Å²) >= 11 is 0. The Balaban J connectivity index is 0.000000431. The molecule has 8 N–H and O–H groups in total. The van der Waals surface area contributed by atoms with Crippen LogP contribution in [0.4, 0.5) is 0 Å². The molecule has 25 heteroatoms. The van der Waals surface area contributed by atoms with Crippen molar-refractivity contribution in [2.24, 2.45) is 34.3 Å². The zero-order valence-corrected chi connectivity index (χ0v) is 40.4. The second kappa shape index (κ2) is 26.6. The number of aliphatic hydroxyl groups is 3. The van der Waals surface area contributed by atoms with Crippen molar-refractivity contribution in [3.05, 3.63) is 34.2 Å². The molecule has 348 valence electrons. The van der Waals surface area contributed by atoms with Gasteiger partial charge in [-0.3, -0.25) is 29.3 Å². The topological polar surface area (TPSA) is 379 Å².